The summed E-state index contributed by atoms with van der Waals surface area (Å²) in [5, 5.41) is 17.9. The second-order valence-corrected chi connectivity index (χ2v) is 12.8. The molecule has 0 spiro atoms. The number of hydrogen-bond donors (Lipinski definition) is 3. The first kappa shape index (κ1) is 29.3. The van der Waals surface area contributed by atoms with Gasteiger partial charge in [0.2, 0.25) is 11.8 Å². The third kappa shape index (κ3) is 7.07. The van der Waals surface area contributed by atoms with Crippen LogP contribution >= 0.6 is 0 Å². The van der Waals surface area contributed by atoms with E-state index in [9.17, 15) is 19.6 Å². The number of piperidine rings is 1. The second kappa shape index (κ2) is 11.8. The number of carbonyl (C=O) groups is 3. The number of amides is 3. The Labute approximate surface area is 238 Å². The topological polar surface area (TPSA) is 120 Å². The van der Waals surface area contributed by atoms with Crippen LogP contribution in [0.15, 0.2) is 48.5 Å². The van der Waals surface area contributed by atoms with E-state index in [2.05, 4.69) is 34.2 Å². The third-order valence-electron chi connectivity index (χ3n) is 7.71. The maximum Gasteiger partial charge on any atom is 0.407 e. The largest absolute Gasteiger partial charge is 0.449 e. The number of alkyl carbamates (subject to hydrolysis) is 1. The number of hydrogen-bond acceptors (Lipinski definition) is 5. The van der Waals surface area contributed by atoms with Crippen molar-refractivity contribution in [2.75, 3.05) is 6.61 Å². The molecule has 2 aromatic rings. The molecule has 4 rings (SSSR count). The van der Waals surface area contributed by atoms with Crippen LogP contribution in [0.25, 0.3) is 11.1 Å². The van der Waals surface area contributed by atoms with Crippen LogP contribution in [0.1, 0.15) is 63.5 Å². The lowest BCUT2D eigenvalue weighted by atomic mass is 9.57. The van der Waals surface area contributed by atoms with Crippen LogP contribution in [-0.4, -0.2) is 57.6 Å². The minimum atomic E-state index is -0.898. The van der Waals surface area contributed by atoms with Crippen LogP contribution in [0.4, 0.5) is 4.79 Å². The Morgan fingerprint density at radius 1 is 1.10 bits per heavy atom. The van der Waals surface area contributed by atoms with Gasteiger partial charge < -0.3 is 20.7 Å². The van der Waals surface area contributed by atoms with E-state index in [-0.39, 0.29) is 41.5 Å². The maximum atomic E-state index is 13.3. The smallest absolute Gasteiger partial charge is 0.407 e. The number of nitrogens with one attached hydrogen (secondary N) is 3. The van der Waals surface area contributed by atoms with Crippen LogP contribution in [0, 0.1) is 22.7 Å². The number of nitriles is 1. The molecule has 1 aliphatic carbocycles. The minimum absolute atomic E-state index is 0.0948. The van der Waals surface area contributed by atoms with E-state index in [1.165, 1.54) is 0 Å². The van der Waals surface area contributed by atoms with E-state index in [1.807, 2.05) is 72.9 Å². The van der Waals surface area contributed by atoms with Gasteiger partial charge in [0.1, 0.15) is 34.4 Å². The molecule has 40 heavy (non-hydrogen) atoms. The van der Waals surface area contributed by atoms with E-state index in [4.69, 9.17) is 4.74 Å². The molecule has 2 aliphatic rings. The van der Waals surface area contributed by atoms with Gasteiger partial charge in [0.15, 0.2) is 0 Å². The van der Waals surface area contributed by atoms with Crippen molar-refractivity contribution in [1.82, 2.24) is 16.0 Å². The fourth-order valence-electron chi connectivity index (χ4n) is 5.69. The molecule has 1 aliphatic heterocycles. The summed E-state index contributed by atoms with van der Waals surface area (Å²) in [5.74, 6) is -1.02. The van der Waals surface area contributed by atoms with Crippen molar-refractivity contribution in [1.29, 1.82) is 5.26 Å². The summed E-state index contributed by atoms with van der Waals surface area (Å²) in [6.45, 7) is 6.06. The van der Waals surface area contributed by atoms with Crippen molar-refractivity contribution in [2.24, 2.45) is 11.3 Å². The number of fused-ring (bicyclic) bond motifs is 3. The molecule has 208 valence electrons. The third-order valence-corrected chi connectivity index (χ3v) is 7.71. The number of carbonyl (C=O) groups excluding carboxylic acids is 3. The van der Waals surface area contributed by atoms with E-state index in [0.29, 0.717) is 12.8 Å². The number of ether oxygens (including phenoxy) is 1. The molecular weight excluding hydrogens is 502 g/mol. The first-order valence-corrected chi connectivity index (χ1v) is 14.0. The van der Waals surface area contributed by atoms with E-state index >= 15 is 0 Å². The lowest BCUT2D eigenvalue weighted by Crippen LogP contribution is -2.56. The summed E-state index contributed by atoms with van der Waals surface area (Å²) >= 11 is 0. The van der Waals surface area contributed by atoms with Crippen molar-refractivity contribution in [3.05, 3.63) is 59.7 Å². The fraction of sp³-hybridized carbons (Fsp3) is 0.467. The number of rotatable bonds is 8. The lowest BCUT2D eigenvalue weighted by molar-refractivity contribution is -0.129. The van der Waals surface area contributed by atoms with Gasteiger partial charge in [-0.3, -0.25) is 9.59 Å². The van der Waals surface area contributed by atoms with Gasteiger partial charge in [0.05, 0.1) is 6.07 Å². The predicted octanol–water partition coefficient (Wildman–Crippen LogP) is 2.17. The van der Waals surface area contributed by atoms with Gasteiger partial charge in [-0.1, -0.05) is 69.3 Å². The van der Waals surface area contributed by atoms with Crippen LogP contribution in [0.3, 0.4) is 0 Å². The molecule has 3 atom stereocenters. The minimum Gasteiger partial charge on any atom is -0.449 e. The summed E-state index contributed by atoms with van der Waals surface area (Å²) in [6, 6.07) is 16.6. The molecule has 10 heteroatoms. The van der Waals surface area contributed by atoms with Gasteiger partial charge >= 0.3 is 6.09 Å². The molecule has 0 aromatic heterocycles. The summed E-state index contributed by atoms with van der Waals surface area (Å²) in [6.07, 6.45) is 1.33. The molecule has 1 fully saturated rings. The Morgan fingerprint density at radius 3 is 2.25 bits per heavy atom. The van der Waals surface area contributed by atoms with Crippen molar-refractivity contribution < 1.29 is 19.1 Å². The maximum absolute atomic E-state index is 13.3. The Bertz CT molecular complexity index is 1270. The van der Waals surface area contributed by atoms with Gasteiger partial charge in [0, 0.05) is 11.8 Å². The van der Waals surface area contributed by atoms with Crippen molar-refractivity contribution >= 4 is 33.6 Å². The summed E-state index contributed by atoms with van der Waals surface area (Å²) in [5.41, 5.74) is 4.19. The van der Waals surface area contributed by atoms with Gasteiger partial charge in [0.25, 0.3) is 0 Å². The summed E-state index contributed by atoms with van der Waals surface area (Å²) in [4.78, 5) is 38.8. The van der Waals surface area contributed by atoms with Gasteiger partial charge in [-0.15, -0.1) is 0 Å². The molecule has 1 saturated heterocycles. The van der Waals surface area contributed by atoms with Gasteiger partial charge in [-0.05, 0) is 58.7 Å². The molecule has 3 amide bonds. The van der Waals surface area contributed by atoms with Crippen LogP contribution < -0.4 is 16.0 Å². The Morgan fingerprint density at radius 2 is 1.70 bits per heavy atom. The quantitative estimate of drug-likeness (QED) is 0.444. The van der Waals surface area contributed by atoms with Crippen LogP contribution in [0.2, 0.25) is 0 Å². The van der Waals surface area contributed by atoms with E-state index < -0.39 is 24.1 Å². The molecule has 0 bridgehead atoms. The molecule has 0 radical (unpaired) electrons. The van der Waals surface area contributed by atoms with Crippen LogP contribution in [-0.2, 0) is 14.3 Å². The molecule has 0 saturated carbocycles. The van der Waals surface area contributed by atoms with Crippen molar-refractivity contribution in [3.63, 3.8) is 0 Å². The molecule has 0 unspecified atom stereocenters. The highest BCUT2D eigenvalue weighted by atomic mass is 16.5. The molecule has 3 N–H and O–H groups in total. The SMILES string of the molecule is BC1(B)CC[C@@H](C[C@@H](C#N)NC(=O)[C@H](CC(C)(C)C)NC(=O)OCC2c3ccccc3-c3ccccc32)C(=O)N1. The average Bonchev–Trinajstić information content (AvgIpc) is 3.20. The lowest BCUT2D eigenvalue weighted by Gasteiger charge is -2.36. The van der Waals surface area contributed by atoms with Gasteiger partial charge in [-0.2, -0.15) is 5.26 Å². The first-order valence-electron chi connectivity index (χ1n) is 14.0. The van der Waals surface area contributed by atoms with E-state index in [1.54, 1.807) is 0 Å². The normalized spacial score (nSPS) is 19.2. The molecule has 8 nitrogen and oxygen atoms in total. The highest BCUT2D eigenvalue weighted by molar-refractivity contribution is 6.41. The zero-order valence-corrected chi connectivity index (χ0v) is 24.0. The highest BCUT2D eigenvalue weighted by Gasteiger charge is 2.35. The predicted molar refractivity (Wildman–Crippen MR) is 159 cm³/mol. The van der Waals surface area contributed by atoms with Gasteiger partial charge in [-0.25, -0.2) is 4.79 Å². The fourth-order valence-corrected chi connectivity index (χ4v) is 5.69. The summed E-state index contributed by atoms with van der Waals surface area (Å²) < 4.78 is 5.67. The standard InChI is InChI=1S/C30H38B2N4O4/c1-29(2,3)15-25(27(38)34-19(16-33)14-18-12-13-30(31,32)36-26(18)37)35-28(39)40-17-24-22-10-6-4-8-20(22)21-9-5-7-11-23(21)24/h4-11,18-19,24-25H,12-15,17,31-32H2,1-3H3,(H,34,38)(H,35,39)(H,36,37)/t18-,19-,25-/m0/s1. The zero-order valence-electron chi connectivity index (χ0n) is 24.0. The zero-order chi connectivity index (χ0) is 29.1. The number of benzene rings is 2. The number of nitrogens with zero attached hydrogens (tertiary/aromatic N) is 1. The van der Waals surface area contributed by atoms with Crippen LogP contribution in [0.5, 0.6) is 0 Å². The van der Waals surface area contributed by atoms with Crippen molar-refractivity contribution in [2.45, 2.75) is 69.8 Å². The van der Waals surface area contributed by atoms with E-state index in [0.717, 1.165) is 28.7 Å². The second-order valence-electron chi connectivity index (χ2n) is 12.8. The molecular formula is C30H38B2N4O4. The Hall–Kier alpha value is -3.73. The Kier molecular flexibility index (Phi) is 8.62. The summed E-state index contributed by atoms with van der Waals surface area (Å²) in [7, 11) is 3.94. The first-order chi connectivity index (χ1) is 18.9. The monoisotopic (exact) mass is 540 g/mol. The highest BCUT2D eigenvalue weighted by Crippen LogP contribution is 2.44. The molecule has 2 aromatic carbocycles. The van der Waals surface area contributed by atoms with Crippen molar-refractivity contribution in [3.8, 4) is 17.2 Å². The Balaban J connectivity index is 1.39. The average molecular weight is 540 g/mol. The molecule has 1 heterocycles.